The van der Waals surface area contributed by atoms with Crippen molar-refractivity contribution in [2.75, 3.05) is 20.3 Å². The van der Waals surface area contributed by atoms with E-state index in [1.807, 2.05) is 0 Å². The molecule has 1 atom stereocenters. The molecule has 2 N–H and O–H groups in total. The molecule has 10 nitrogen and oxygen atoms in total. The van der Waals surface area contributed by atoms with Gasteiger partial charge in [-0.15, -0.1) is 0 Å². The number of nitrogens with one attached hydrogen (secondary N) is 1. The van der Waals surface area contributed by atoms with Crippen LogP contribution in [0.25, 0.3) is 0 Å². The highest BCUT2D eigenvalue weighted by Crippen LogP contribution is 2.50. The van der Waals surface area contributed by atoms with E-state index in [0.717, 1.165) is 16.5 Å². The summed E-state index contributed by atoms with van der Waals surface area (Å²) >= 11 is 0. The Hall–Kier alpha value is -4.86. The molecule has 0 bridgehead atoms. The number of aryl methyl sites for hydroxylation is 1. The molecule has 5 rings (SSSR count). The molecule has 256 valence electrons. The molecule has 1 unspecified atom stereocenters. The third-order valence-corrected chi connectivity index (χ3v) is 8.16. The third-order valence-electron chi connectivity index (χ3n) is 8.16. The number of aromatic nitrogens is 1. The quantitative estimate of drug-likeness (QED) is 0.158. The zero-order valence-electron chi connectivity index (χ0n) is 25.7. The Labute approximate surface area is 269 Å². The summed E-state index contributed by atoms with van der Waals surface area (Å²) in [5.41, 5.74) is -7.26. The molecule has 2 aliphatic rings. The Morgan fingerprint density at radius 1 is 1.04 bits per heavy atom. The number of amides is 3. The van der Waals surface area contributed by atoms with Crippen molar-refractivity contribution in [1.82, 2.24) is 15.2 Å². The average molecular weight is 682 g/mol. The molecule has 3 amide bonds. The number of pyridine rings is 1. The number of ether oxygens (including phenoxy) is 3. The summed E-state index contributed by atoms with van der Waals surface area (Å²) in [5.74, 6) is -0.928. The van der Waals surface area contributed by atoms with E-state index in [4.69, 9.17) is 14.2 Å². The number of imide groups is 1. The molecular weight excluding hydrogens is 652 g/mol. The molecular formula is C32H29F6N3O7. The van der Waals surface area contributed by atoms with Crippen LogP contribution in [0.15, 0.2) is 48.5 Å². The van der Waals surface area contributed by atoms with Crippen LogP contribution in [0, 0.1) is 0 Å². The monoisotopic (exact) mass is 681 g/mol. The van der Waals surface area contributed by atoms with Crippen molar-refractivity contribution in [1.29, 1.82) is 0 Å². The van der Waals surface area contributed by atoms with Crippen molar-refractivity contribution in [3.63, 3.8) is 0 Å². The van der Waals surface area contributed by atoms with Crippen LogP contribution >= 0.6 is 0 Å². The first kappa shape index (κ1) is 34.5. The van der Waals surface area contributed by atoms with Crippen LogP contribution in [0.4, 0.5) is 31.1 Å². The van der Waals surface area contributed by atoms with E-state index in [9.17, 15) is 45.8 Å². The van der Waals surface area contributed by atoms with Gasteiger partial charge in [-0.1, -0.05) is 19.4 Å². The molecule has 48 heavy (non-hydrogen) atoms. The number of hydrogen-bond acceptors (Lipinski definition) is 8. The summed E-state index contributed by atoms with van der Waals surface area (Å²) in [6.45, 7) is 3.00. The summed E-state index contributed by atoms with van der Waals surface area (Å²) in [7, 11) is 1.23. The zero-order chi connectivity index (χ0) is 35.2. The predicted octanol–water partition coefficient (Wildman–Crippen LogP) is 5.73. The van der Waals surface area contributed by atoms with Crippen molar-refractivity contribution in [2.45, 2.75) is 56.6 Å². The number of ketones is 1. The molecule has 0 spiro atoms. The van der Waals surface area contributed by atoms with Crippen molar-refractivity contribution in [3.8, 4) is 23.0 Å². The van der Waals surface area contributed by atoms with Gasteiger partial charge >= 0.3 is 18.4 Å². The van der Waals surface area contributed by atoms with Crippen LogP contribution in [-0.2, 0) is 28.8 Å². The van der Waals surface area contributed by atoms with E-state index in [1.54, 1.807) is 25.1 Å². The summed E-state index contributed by atoms with van der Waals surface area (Å²) in [4.78, 5) is 44.0. The minimum Gasteiger partial charge on any atom is -0.496 e. The molecule has 0 radical (unpaired) electrons. The van der Waals surface area contributed by atoms with Crippen LogP contribution in [0.3, 0.4) is 0 Å². The number of alkyl halides is 6. The van der Waals surface area contributed by atoms with Crippen LogP contribution < -0.4 is 19.5 Å². The number of nitrogens with zero attached hydrogens (tertiary/aromatic N) is 2. The van der Waals surface area contributed by atoms with E-state index in [-0.39, 0.29) is 41.3 Å². The Morgan fingerprint density at radius 2 is 1.75 bits per heavy atom. The molecule has 0 aliphatic carbocycles. The lowest BCUT2D eigenvalue weighted by Gasteiger charge is -2.32. The van der Waals surface area contributed by atoms with Crippen LogP contribution in [0.1, 0.15) is 53.1 Å². The number of aliphatic hydroxyl groups is 1. The van der Waals surface area contributed by atoms with Crippen molar-refractivity contribution in [2.24, 2.45) is 0 Å². The molecule has 3 aromatic rings. The van der Waals surface area contributed by atoms with Gasteiger partial charge in [-0.3, -0.25) is 19.5 Å². The number of carbonyl (C=O) groups is 3. The molecule has 1 fully saturated rings. The second-order valence-electron chi connectivity index (χ2n) is 11.4. The summed E-state index contributed by atoms with van der Waals surface area (Å²) < 4.78 is 97.2. The number of methoxy groups -OCH3 is 1. The lowest BCUT2D eigenvalue weighted by atomic mass is 9.90. The number of carbonyl (C=O) groups excluding carboxylic acids is 3. The second-order valence-corrected chi connectivity index (χ2v) is 11.4. The van der Waals surface area contributed by atoms with Crippen molar-refractivity contribution >= 4 is 17.7 Å². The van der Waals surface area contributed by atoms with Gasteiger partial charge in [-0.2, -0.15) is 26.3 Å². The fourth-order valence-electron chi connectivity index (χ4n) is 5.50. The van der Waals surface area contributed by atoms with E-state index < -0.39 is 53.5 Å². The number of rotatable bonds is 10. The second kappa shape index (κ2) is 12.3. The molecule has 0 saturated carbocycles. The van der Waals surface area contributed by atoms with Crippen LogP contribution in [-0.4, -0.2) is 65.3 Å². The first-order valence-corrected chi connectivity index (χ1v) is 14.6. The Kier molecular flexibility index (Phi) is 8.84. The molecule has 1 saturated heterocycles. The Bertz CT molecular complexity index is 1760. The maximum Gasteiger partial charge on any atom is 0.432 e. The smallest absolute Gasteiger partial charge is 0.432 e. The standard InChI is InChI=1S/C32H29F6N3O7/c1-4-5-21-24(10-11-26(39-21)30(45,31(33,34)35)32(36,37)38)48-19-7-8-20(25(15-19)46-3)22(42)16-41-27(43)29(2,40-28(41)44)18-6-9-23-17(14-18)12-13-47-23/h6-11,14-15,45H,4-5,12-13,16H2,1-3H3,(H,40,44). The largest absolute Gasteiger partial charge is 0.496 e. The topological polar surface area (TPSA) is 127 Å². The minimum atomic E-state index is -6.12. The van der Waals surface area contributed by atoms with Gasteiger partial charge in [-0.05, 0) is 60.9 Å². The van der Waals surface area contributed by atoms with Gasteiger partial charge in [0.15, 0.2) is 5.78 Å². The van der Waals surface area contributed by atoms with E-state index in [0.29, 0.717) is 30.4 Å². The van der Waals surface area contributed by atoms with E-state index in [1.165, 1.54) is 32.2 Å². The minimum absolute atomic E-state index is 0.0274. The van der Waals surface area contributed by atoms with E-state index >= 15 is 0 Å². The SMILES string of the molecule is CCCc1nc(C(O)(C(F)(F)F)C(F)(F)F)ccc1Oc1ccc(C(=O)CN2C(=O)NC(C)(c3ccc4c(c3)CCO4)C2=O)c(OC)c1. The maximum atomic E-state index is 13.5. The number of halogens is 6. The van der Waals surface area contributed by atoms with Gasteiger partial charge < -0.3 is 24.6 Å². The molecule has 16 heteroatoms. The van der Waals surface area contributed by atoms with Crippen molar-refractivity contribution < 1.29 is 60.0 Å². The lowest BCUT2D eigenvalue weighted by Crippen LogP contribution is -2.54. The average Bonchev–Trinajstić information content (AvgIpc) is 3.58. The maximum absolute atomic E-state index is 13.5. The third kappa shape index (κ3) is 5.88. The Balaban J connectivity index is 1.37. The number of benzene rings is 2. The summed E-state index contributed by atoms with van der Waals surface area (Å²) in [6.07, 6.45) is -11.4. The number of fused-ring (bicyclic) bond motifs is 1. The van der Waals surface area contributed by atoms with Crippen LogP contribution in [0.2, 0.25) is 0 Å². The first-order valence-electron chi connectivity index (χ1n) is 14.6. The highest BCUT2D eigenvalue weighted by atomic mass is 19.4. The summed E-state index contributed by atoms with van der Waals surface area (Å²) in [5, 5.41) is 12.4. The van der Waals surface area contributed by atoms with Gasteiger partial charge in [0, 0.05) is 12.5 Å². The first-order chi connectivity index (χ1) is 22.4. The van der Waals surface area contributed by atoms with Crippen molar-refractivity contribution in [3.05, 3.63) is 76.6 Å². The van der Waals surface area contributed by atoms with Gasteiger partial charge in [0.2, 0.25) is 0 Å². The molecule has 2 aromatic carbocycles. The summed E-state index contributed by atoms with van der Waals surface area (Å²) in [6, 6.07) is 9.34. The van der Waals surface area contributed by atoms with E-state index in [2.05, 4.69) is 10.3 Å². The highest BCUT2D eigenvalue weighted by Gasteiger charge is 2.72. The fraction of sp³-hybridized carbons (Fsp3) is 0.375. The molecule has 2 aliphatic heterocycles. The molecule has 1 aromatic heterocycles. The normalized spacial score (nSPS) is 18.0. The van der Waals surface area contributed by atoms with Gasteiger partial charge in [0.25, 0.3) is 11.5 Å². The zero-order valence-corrected chi connectivity index (χ0v) is 25.7. The molecule has 3 heterocycles. The number of Topliss-reactive ketones (excluding diaryl/α,β-unsaturated/α-hetero) is 1. The van der Waals surface area contributed by atoms with Gasteiger partial charge in [0.1, 0.15) is 28.5 Å². The predicted molar refractivity (Wildman–Crippen MR) is 155 cm³/mol. The van der Waals surface area contributed by atoms with Gasteiger partial charge in [0.05, 0.1) is 37.2 Å². The fourth-order valence-corrected chi connectivity index (χ4v) is 5.50. The van der Waals surface area contributed by atoms with Crippen LogP contribution in [0.5, 0.6) is 23.0 Å². The number of hydrogen-bond donors (Lipinski definition) is 2. The highest BCUT2D eigenvalue weighted by molar-refractivity contribution is 6.11. The number of urea groups is 1. The van der Waals surface area contributed by atoms with Gasteiger partial charge in [-0.25, -0.2) is 4.79 Å². The lowest BCUT2D eigenvalue weighted by molar-refractivity contribution is -0.377. The Morgan fingerprint density at radius 3 is 2.40 bits per heavy atom.